The van der Waals surface area contributed by atoms with Crippen LogP contribution in [0.1, 0.15) is 11.1 Å². The van der Waals surface area contributed by atoms with Crippen molar-refractivity contribution in [3.63, 3.8) is 0 Å². The van der Waals surface area contributed by atoms with Gasteiger partial charge in [0, 0.05) is 18.0 Å². The van der Waals surface area contributed by atoms with Crippen molar-refractivity contribution in [2.75, 3.05) is 16.3 Å². The Morgan fingerprint density at radius 2 is 1.78 bits per heavy atom. The molecule has 0 saturated carbocycles. The molecular weight excluding hydrogens is 433 g/mol. The Kier molecular flexibility index (Phi) is 6.75. The van der Waals surface area contributed by atoms with Crippen LogP contribution < -0.4 is 10.0 Å². The van der Waals surface area contributed by atoms with E-state index in [4.69, 9.17) is 34.8 Å². The highest BCUT2D eigenvalue weighted by atomic mass is 35.6. The van der Waals surface area contributed by atoms with Gasteiger partial charge in [0.05, 0.1) is 11.9 Å². The molecule has 0 amide bonds. The summed E-state index contributed by atoms with van der Waals surface area (Å²) in [7, 11) is -3.55. The predicted molar refractivity (Wildman–Crippen MR) is 111 cm³/mol. The lowest BCUT2D eigenvalue weighted by atomic mass is 10.1. The molecule has 0 atom stereocenters. The van der Waals surface area contributed by atoms with Gasteiger partial charge in [0.2, 0.25) is 15.8 Å². The number of ketones is 1. The number of nitrogens with one attached hydrogen (secondary N) is 2. The third-order valence-corrected chi connectivity index (χ3v) is 4.40. The summed E-state index contributed by atoms with van der Waals surface area (Å²) in [5.41, 5.74) is 2.30. The third-order valence-electron chi connectivity index (χ3n) is 3.28. The summed E-state index contributed by atoms with van der Waals surface area (Å²) < 4.78 is 23.3. The number of benzene rings is 1. The summed E-state index contributed by atoms with van der Waals surface area (Å²) in [6.07, 6.45) is 3.59. The molecule has 2 aromatic rings. The summed E-state index contributed by atoms with van der Waals surface area (Å²) in [4.78, 5) is 16.2. The van der Waals surface area contributed by atoms with Crippen molar-refractivity contribution in [3.05, 3.63) is 59.8 Å². The number of sulfonamides is 1. The lowest BCUT2D eigenvalue weighted by molar-refractivity contribution is -0.113. The molecule has 2 N–H and O–H groups in total. The normalized spacial score (nSPS) is 12.6. The summed E-state index contributed by atoms with van der Waals surface area (Å²) in [6.45, 7) is 1.92. The summed E-state index contributed by atoms with van der Waals surface area (Å²) in [5.74, 6) is -0.684. The van der Waals surface area contributed by atoms with Gasteiger partial charge in [0.25, 0.3) is 3.79 Å². The molecule has 0 aliphatic rings. The number of anilines is 2. The Hall–Kier alpha value is -1.80. The predicted octanol–water partition coefficient (Wildman–Crippen LogP) is 4.15. The number of carbonyl (C=O) groups excluding carboxylic acids is 1. The molecule has 27 heavy (non-hydrogen) atoms. The standard InChI is InChI=1S/C17H16Cl3N3O3S/c1-11-5-7-12(8-6-11)14(10-15(24)17(18,19)20)22-13-4-3-9-21-16(13)23-27(2,25)26/h3-10,22H,1-2H3,(H,21,23)/b14-10+. The van der Waals surface area contributed by atoms with Crippen molar-refractivity contribution in [3.8, 4) is 0 Å². The van der Waals surface area contributed by atoms with Crippen molar-refractivity contribution in [2.24, 2.45) is 0 Å². The lowest BCUT2D eigenvalue weighted by Crippen LogP contribution is -2.18. The van der Waals surface area contributed by atoms with Crippen molar-refractivity contribution in [1.29, 1.82) is 0 Å². The first kappa shape index (κ1) is 21.5. The van der Waals surface area contributed by atoms with Crippen molar-refractivity contribution in [1.82, 2.24) is 4.98 Å². The van der Waals surface area contributed by atoms with Gasteiger partial charge >= 0.3 is 0 Å². The number of aryl methyl sites for hydroxylation is 1. The molecule has 0 aliphatic carbocycles. The van der Waals surface area contributed by atoms with Crippen LogP contribution in [0.25, 0.3) is 5.70 Å². The van der Waals surface area contributed by atoms with E-state index in [-0.39, 0.29) is 5.82 Å². The van der Waals surface area contributed by atoms with Crippen molar-refractivity contribution >= 4 is 67.8 Å². The van der Waals surface area contributed by atoms with Gasteiger partial charge in [-0.05, 0) is 24.6 Å². The second-order valence-electron chi connectivity index (χ2n) is 5.68. The topological polar surface area (TPSA) is 88.2 Å². The highest BCUT2D eigenvalue weighted by Crippen LogP contribution is 2.30. The molecule has 0 saturated heterocycles. The number of carbonyl (C=O) groups is 1. The minimum Gasteiger partial charge on any atom is -0.352 e. The maximum Gasteiger partial charge on any atom is 0.252 e. The smallest absolute Gasteiger partial charge is 0.252 e. The lowest BCUT2D eigenvalue weighted by Gasteiger charge is -2.16. The van der Waals surface area contributed by atoms with Gasteiger partial charge < -0.3 is 5.32 Å². The molecule has 1 heterocycles. The minimum atomic E-state index is -3.55. The second-order valence-corrected chi connectivity index (χ2v) is 9.71. The second kappa shape index (κ2) is 8.48. The van der Waals surface area contributed by atoms with Gasteiger partial charge in [-0.2, -0.15) is 0 Å². The van der Waals surface area contributed by atoms with Crippen LogP contribution in [-0.4, -0.2) is 29.2 Å². The molecule has 2 rings (SSSR count). The number of aromatic nitrogens is 1. The Morgan fingerprint density at radius 1 is 1.15 bits per heavy atom. The third kappa shape index (κ3) is 6.70. The Labute approximate surface area is 172 Å². The molecule has 0 aliphatic heterocycles. The average Bonchev–Trinajstić information content (AvgIpc) is 2.54. The van der Waals surface area contributed by atoms with E-state index in [1.54, 1.807) is 24.3 Å². The minimum absolute atomic E-state index is 0.0688. The zero-order chi connectivity index (χ0) is 20.2. The maximum atomic E-state index is 12.2. The van der Waals surface area contributed by atoms with Crippen LogP contribution in [0.4, 0.5) is 11.5 Å². The number of hydrogen-bond donors (Lipinski definition) is 2. The largest absolute Gasteiger partial charge is 0.352 e. The quantitative estimate of drug-likeness (QED) is 0.512. The summed E-state index contributed by atoms with van der Waals surface area (Å²) >= 11 is 17.0. The monoisotopic (exact) mass is 447 g/mol. The van der Waals surface area contributed by atoms with E-state index in [1.807, 2.05) is 19.1 Å². The van der Waals surface area contributed by atoms with Gasteiger partial charge in [0.1, 0.15) is 0 Å². The average molecular weight is 449 g/mol. The van der Waals surface area contributed by atoms with Crippen LogP contribution >= 0.6 is 34.8 Å². The molecule has 10 heteroatoms. The van der Waals surface area contributed by atoms with Crippen LogP contribution in [0, 0.1) is 6.92 Å². The number of allylic oxidation sites excluding steroid dienone is 1. The molecular formula is C17H16Cl3N3O3S. The number of hydrogen-bond acceptors (Lipinski definition) is 5. The van der Waals surface area contributed by atoms with E-state index in [1.165, 1.54) is 6.20 Å². The van der Waals surface area contributed by atoms with Crippen LogP contribution in [0.5, 0.6) is 0 Å². The van der Waals surface area contributed by atoms with E-state index in [2.05, 4.69) is 15.0 Å². The Bertz CT molecular complexity index is 969. The molecule has 0 spiro atoms. The molecule has 6 nitrogen and oxygen atoms in total. The van der Waals surface area contributed by atoms with Gasteiger partial charge in [-0.15, -0.1) is 0 Å². The van der Waals surface area contributed by atoms with E-state index in [9.17, 15) is 13.2 Å². The van der Waals surface area contributed by atoms with E-state index in [0.29, 0.717) is 16.9 Å². The van der Waals surface area contributed by atoms with Crippen LogP contribution in [-0.2, 0) is 14.8 Å². The van der Waals surface area contributed by atoms with Crippen LogP contribution in [0.2, 0.25) is 0 Å². The molecule has 1 aromatic heterocycles. The van der Waals surface area contributed by atoms with Crippen molar-refractivity contribution < 1.29 is 13.2 Å². The zero-order valence-corrected chi connectivity index (χ0v) is 17.4. The van der Waals surface area contributed by atoms with Gasteiger partial charge in [0.15, 0.2) is 5.82 Å². The van der Waals surface area contributed by atoms with Crippen molar-refractivity contribution in [2.45, 2.75) is 10.7 Å². The molecule has 0 radical (unpaired) electrons. The van der Waals surface area contributed by atoms with Crippen LogP contribution in [0.15, 0.2) is 48.7 Å². The molecule has 144 valence electrons. The summed E-state index contributed by atoms with van der Waals surface area (Å²) in [6, 6.07) is 10.5. The number of halogens is 3. The zero-order valence-electron chi connectivity index (χ0n) is 14.3. The van der Waals surface area contributed by atoms with E-state index < -0.39 is 19.6 Å². The van der Waals surface area contributed by atoms with Gasteiger partial charge in [-0.3, -0.25) is 9.52 Å². The highest BCUT2D eigenvalue weighted by Gasteiger charge is 2.29. The molecule has 0 bridgehead atoms. The van der Waals surface area contributed by atoms with Gasteiger partial charge in [-0.1, -0.05) is 64.6 Å². The fraction of sp³-hybridized carbons (Fsp3) is 0.176. The SMILES string of the molecule is Cc1ccc(/C(=C\C(=O)C(Cl)(Cl)Cl)Nc2cccnc2NS(C)(=O)=O)cc1. The number of rotatable bonds is 6. The fourth-order valence-corrected chi connectivity index (χ4v) is 2.72. The first-order chi connectivity index (χ1) is 12.5. The number of nitrogens with zero attached hydrogens (tertiary/aromatic N) is 1. The molecule has 1 aromatic carbocycles. The van der Waals surface area contributed by atoms with E-state index >= 15 is 0 Å². The molecule has 0 fully saturated rings. The van der Waals surface area contributed by atoms with Gasteiger partial charge in [-0.25, -0.2) is 13.4 Å². The first-order valence-corrected chi connectivity index (χ1v) is 10.6. The Balaban J connectivity index is 2.49. The highest BCUT2D eigenvalue weighted by molar-refractivity contribution is 7.92. The maximum absolute atomic E-state index is 12.2. The molecule has 0 unspecified atom stereocenters. The Morgan fingerprint density at radius 3 is 2.33 bits per heavy atom. The summed E-state index contributed by atoms with van der Waals surface area (Å²) in [5, 5.41) is 2.98. The first-order valence-electron chi connectivity index (χ1n) is 7.55. The number of alkyl halides is 3. The van der Waals surface area contributed by atoms with E-state index in [0.717, 1.165) is 17.9 Å². The van der Waals surface area contributed by atoms with Crippen LogP contribution in [0.3, 0.4) is 0 Å². The fourth-order valence-electron chi connectivity index (χ4n) is 2.05. The number of pyridine rings is 1.